The van der Waals surface area contributed by atoms with Crippen molar-refractivity contribution in [2.75, 3.05) is 66.7 Å². The molecule has 2 fully saturated rings. The van der Waals surface area contributed by atoms with Gasteiger partial charge in [-0.25, -0.2) is 9.78 Å². The Morgan fingerprint density at radius 1 is 1.00 bits per heavy atom. The maximum atomic E-state index is 12.3. The van der Waals surface area contributed by atoms with Crippen molar-refractivity contribution in [2.45, 2.75) is 46.7 Å². The van der Waals surface area contributed by atoms with Gasteiger partial charge < -0.3 is 35.4 Å². The van der Waals surface area contributed by atoms with Crippen molar-refractivity contribution < 1.29 is 14.3 Å². The fraction of sp³-hybridized carbons (Fsp3) is 0.500. The fourth-order valence-electron chi connectivity index (χ4n) is 5.77. The van der Waals surface area contributed by atoms with Crippen molar-refractivity contribution in [1.82, 2.24) is 29.5 Å². The Balaban J connectivity index is 1.20. The number of anilines is 5. The molecule has 3 N–H and O–H groups in total. The lowest BCUT2D eigenvalue weighted by Crippen LogP contribution is -2.58. The summed E-state index contributed by atoms with van der Waals surface area (Å²) in [6.45, 7) is 14.3. The van der Waals surface area contributed by atoms with Gasteiger partial charge in [0.15, 0.2) is 0 Å². The zero-order chi connectivity index (χ0) is 30.7. The summed E-state index contributed by atoms with van der Waals surface area (Å²) in [5.41, 5.74) is 8.93. The highest BCUT2D eigenvalue weighted by atomic mass is 16.6. The van der Waals surface area contributed by atoms with Crippen molar-refractivity contribution in [3.8, 4) is 5.69 Å². The zero-order valence-corrected chi connectivity index (χ0v) is 25.6. The smallest absolute Gasteiger partial charge is 0.409 e. The Morgan fingerprint density at radius 2 is 1.67 bits per heavy atom. The fourth-order valence-corrected chi connectivity index (χ4v) is 5.77. The number of amides is 2. The normalized spacial score (nSPS) is 19.1. The second kappa shape index (κ2) is 12.8. The highest BCUT2D eigenvalue weighted by molar-refractivity contribution is 5.74. The molecule has 0 saturated carbocycles. The molecule has 1 aromatic carbocycles. The summed E-state index contributed by atoms with van der Waals surface area (Å²) in [5, 5.41) is 7.84. The number of hydrogen-bond acceptors (Lipinski definition) is 10. The average Bonchev–Trinajstić information content (AvgIpc) is 3.35. The van der Waals surface area contributed by atoms with Gasteiger partial charge in [-0.2, -0.15) is 9.67 Å². The van der Waals surface area contributed by atoms with E-state index in [4.69, 9.17) is 10.5 Å². The molecule has 2 aromatic heterocycles. The molecule has 43 heavy (non-hydrogen) atoms. The van der Waals surface area contributed by atoms with Crippen LogP contribution < -0.4 is 20.9 Å². The summed E-state index contributed by atoms with van der Waals surface area (Å²) in [7, 11) is 0. The van der Waals surface area contributed by atoms with E-state index in [1.54, 1.807) is 22.7 Å². The van der Waals surface area contributed by atoms with Gasteiger partial charge in [0, 0.05) is 81.9 Å². The predicted molar refractivity (Wildman–Crippen MR) is 167 cm³/mol. The van der Waals surface area contributed by atoms with Crippen molar-refractivity contribution in [3.63, 3.8) is 0 Å². The van der Waals surface area contributed by atoms with E-state index in [1.807, 2.05) is 55.1 Å². The molecule has 2 aliphatic heterocycles. The molecule has 4 heterocycles. The van der Waals surface area contributed by atoms with Crippen LogP contribution in [0.25, 0.3) is 5.69 Å². The number of piperazine rings is 2. The standard InChI is InChI=1S/C30H42N10O3/c1-20(2)19-43-30(42)37-14-12-36(13-15-37)25-8-6-24(7-9-25)33-29-34-28(31)40(35-29)26-10-11-32-27(16-26)38-17-21(3)39(23(5)41)22(4)18-38/h6-11,16,20-22H,12-15,17-19H2,1-5H3,(H3,31,33,34,35)/t21-,22+. The average molecular weight is 591 g/mol. The quantitative estimate of drug-likeness (QED) is 0.421. The number of nitrogen functional groups attached to an aromatic ring is 1. The van der Waals surface area contributed by atoms with Crippen LogP contribution in [0, 0.1) is 5.92 Å². The molecule has 0 unspecified atom stereocenters. The van der Waals surface area contributed by atoms with Crippen LogP contribution in [0.2, 0.25) is 0 Å². The van der Waals surface area contributed by atoms with Crippen LogP contribution in [0.4, 0.5) is 33.9 Å². The highest BCUT2D eigenvalue weighted by Gasteiger charge is 2.32. The third-order valence-electron chi connectivity index (χ3n) is 7.78. The van der Waals surface area contributed by atoms with E-state index in [0.717, 1.165) is 36.0 Å². The maximum absolute atomic E-state index is 12.3. The number of nitrogens with zero attached hydrogens (tertiary/aromatic N) is 8. The number of rotatable bonds is 7. The SMILES string of the molecule is CC(=O)N1[C@H](C)CN(c2cc(-n3nc(Nc4ccc(N5CCN(C(=O)OCC(C)C)CC5)cc4)nc3N)ccn2)C[C@@H]1C. The number of nitrogens with two attached hydrogens (primary N) is 1. The topological polar surface area (TPSA) is 138 Å². The van der Waals surface area contributed by atoms with E-state index in [2.05, 4.69) is 44.0 Å². The van der Waals surface area contributed by atoms with Gasteiger partial charge >= 0.3 is 6.09 Å². The molecular formula is C30H42N10O3. The zero-order valence-electron chi connectivity index (χ0n) is 25.6. The first kappa shape index (κ1) is 29.9. The van der Waals surface area contributed by atoms with E-state index in [1.165, 1.54) is 0 Å². The van der Waals surface area contributed by atoms with Gasteiger partial charge in [0.25, 0.3) is 0 Å². The summed E-state index contributed by atoms with van der Waals surface area (Å²) >= 11 is 0. The van der Waals surface area contributed by atoms with Crippen molar-refractivity contribution in [2.24, 2.45) is 5.92 Å². The molecule has 2 saturated heterocycles. The van der Waals surface area contributed by atoms with Crippen LogP contribution in [-0.4, -0.2) is 99.5 Å². The second-order valence-electron chi connectivity index (χ2n) is 11.7. The van der Waals surface area contributed by atoms with Gasteiger partial charge in [-0.1, -0.05) is 13.8 Å². The van der Waals surface area contributed by atoms with E-state index in [0.29, 0.717) is 44.7 Å². The van der Waals surface area contributed by atoms with E-state index >= 15 is 0 Å². The molecule has 13 nitrogen and oxygen atoms in total. The number of pyridine rings is 1. The first-order chi connectivity index (χ1) is 20.6. The molecule has 230 valence electrons. The molecule has 0 bridgehead atoms. The monoisotopic (exact) mass is 590 g/mol. The maximum Gasteiger partial charge on any atom is 0.409 e. The number of carbonyl (C=O) groups excluding carboxylic acids is 2. The molecule has 3 aromatic rings. The molecule has 2 aliphatic rings. The van der Waals surface area contributed by atoms with Crippen LogP contribution >= 0.6 is 0 Å². The van der Waals surface area contributed by atoms with Gasteiger partial charge in [-0.05, 0) is 50.1 Å². The Morgan fingerprint density at radius 3 is 2.30 bits per heavy atom. The minimum atomic E-state index is -0.237. The highest BCUT2D eigenvalue weighted by Crippen LogP contribution is 2.25. The first-order valence-electron chi connectivity index (χ1n) is 14.9. The predicted octanol–water partition coefficient (Wildman–Crippen LogP) is 3.35. The third kappa shape index (κ3) is 6.92. The van der Waals surface area contributed by atoms with Gasteiger partial charge in [0.1, 0.15) is 5.82 Å². The summed E-state index contributed by atoms with van der Waals surface area (Å²) in [6, 6.07) is 12.0. The summed E-state index contributed by atoms with van der Waals surface area (Å²) in [4.78, 5) is 41.5. The van der Waals surface area contributed by atoms with Crippen LogP contribution in [-0.2, 0) is 9.53 Å². The Hall–Kier alpha value is -4.55. The molecule has 2 atom stereocenters. The number of hydrogen-bond donors (Lipinski definition) is 2. The Kier molecular flexibility index (Phi) is 8.88. The van der Waals surface area contributed by atoms with E-state index < -0.39 is 0 Å². The van der Waals surface area contributed by atoms with E-state index in [9.17, 15) is 9.59 Å². The number of ether oxygens (including phenoxy) is 1. The van der Waals surface area contributed by atoms with Crippen molar-refractivity contribution in [1.29, 1.82) is 0 Å². The van der Waals surface area contributed by atoms with Gasteiger partial charge in [-0.3, -0.25) is 4.79 Å². The van der Waals surface area contributed by atoms with E-state index in [-0.39, 0.29) is 30.0 Å². The minimum Gasteiger partial charge on any atom is -0.449 e. The van der Waals surface area contributed by atoms with Gasteiger partial charge in [-0.15, -0.1) is 5.10 Å². The van der Waals surface area contributed by atoms with Crippen LogP contribution in [0.5, 0.6) is 0 Å². The lowest BCUT2D eigenvalue weighted by molar-refractivity contribution is -0.133. The Bertz CT molecular complexity index is 1410. The van der Waals surface area contributed by atoms with Gasteiger partial charge in [0.05, 0.1) is 12.3 Å². The molecule has 2 amide bonds. The molecule has 0 radical (unpaired) electrons. The van der Waals surface area contributed by atoms with Crippen LogP contribution in [0.3, 0.4) is 0 Å². The van der Waals surface area contributed by atoms with Crippen molar-refractivity contribution in [3.05, 3.63) is 42.6 Å². The Labute approximate surface area is 252 Å². The lowest BCUT2D eigenvalue weighted by atomic mass is 10.1. The van der Waals surface area contributed by atoms with Crippen molar-refractivity contribution >= 4 is 41.1 Å². The number of aromatic nitrogens is 4. The summed E-state index contributed by atoms with van der Waals surface area (Å²) in [6.07, 6.45) is 1.50. The van der Waals surface area contributed by atoms with Crippen LogP contribution in [0.15, 0.2) is 42.6 Å². The summed E-state index contributed by atoms with van der Waals surface area (Å²) < 4.78 is 6.96. The largest absolute Gasteiger partial charge is 0.449 e. The van der Waals surface area contributed by atoms with Crippen LogP contribution in [0.1, 0.15) is 34.6 Å². The minimum absolute atomic E-state index is 0.0771. The third-order valence-corrected chi connectivity index (χ3v) is 7.78. The lowest BCUT2D eigenvalue weighted by Gasteiger charge is -2.44. The number of nitrogens with one attached hydrogen (secondary N) is 1. The molecule has 13 heteroatoms. The first-order valence-corrected chi connectivity index (χ1v) is 14.9. The second-order valence-corrected chi connectivity index (χ2v) is 11.7. The molecule has 0 aliphatic carbocycles. The molecular weight excluding hydrogens is 548 g/mol. The van der Waals surface area contributed by atoms with Gasteiger partial charge in [0.2, 0.25) is 17.8 Å². The number of benzene rings is 1. The molecule has 0 spiro atoms. The number of carbonyl (C=O) groups is 2. The summed E-state index contributed by atoms with van der Waals surface area (Å²) in [5.74, 6) is 1.85. The molecule has 5 rings (SSSR count).